The molecular formula is C7H3BrCl2O. The number of benzene rings is 1. The summed E-state index contributed by atoms with van der Waals surface area (Å²) in [5.41, 5.74) is 0.427. The van der Waals surface area contributed by atoms with Crippen molar-refractivity contribution in [2.75, 3.05) is 0 Å². The fraction of sp³-hybridized carbons (Fsp3) is 0. The Labute approximate surface area is 82.4 Å². The summed E-state index contributed by atoms with van der Waals surface area (Å²) in [4.78, 5) is 10.8. The lowest BCUT2D eigenvalue weighted by molar-refractivity contribution is 0.109. The molecule has 0 aromatic heterocycles. The van der Waals surface area contributed by atoms with Crippen molar-refractivity contribution in [2.45, 2.75) is 0 Å². The summed E-state index contributed by atoms with van der Waals surface area (Å²) in [5.74, 6) is 0. The van der Waals surface area contributed by atoms with Gasteiger partial charge >= 0.3 is 0 Å². The largest absolute Gasteiger partial charge is 0.281 e. The maximum atomic E-state index is 10.8. The van der Waals surface area contributed by atoms with Crippen LogP contribution in [0.2, 0.25) is 10.0 Å². The van der Waals surface area contributed by atoms with Crippen molar-refractivity contribution >= 4 is 43.8 Å². The molecule has 0 amide bonds. The monoisotopic (exact) mass is 252 g/mol. The van der Waals surface area contributed by atoms with Crippen LogP contribution in [-0.4, -0.2) is 4.69 Å². The number of carbonyl (C=O) groups is 1. The molecule has 0 radical (unpaired) electrons. The van der Waals surface area contributed by atoms with Crippen molar-refractivity contribution in [1.82, 2.24) is 0 Å². The second-order valence-electron chi connectivity index (χ2n) is 1.90. The van der Waals surface area contributed by atoms with Crippen LogP contribution in [0.25, 0.3) is 0 Å². The van der Waals surface area contributed by atoms with Crippen molar-refractivity contribution in [3.8, 4) is 0 Å². The first kappa shape index (κ1) is 9.04. The van der Waals surface area contributed by atoms with Crippen LogP contribution in [0.15, 0.2) is 18.2 Å². The lowest BCUT2D eigenvalue weighted by Crippen LogP contribution is -1.88. The Hall–Kier alpha value is -0.0500. The van der Waals surface area contributed by atoms with Crippen LogP contribution in [0.5, 0.6) is 0 Å². The maximum Gasteiger partial charge on any atom is 0.229 e. The van der Waals surface area contributed by atoms with Gasteiger partial charge in [-0.1, -0.05) is 23.2 Å². The van der Waals surface area contributed by atoms with Crippen LogP contribution >= 0.6 is 39.1 Å². The molecule has 0 aliphatic rings. The van der Waals surface area contributed by atoms with Gasteiger partial charge in [-0.3, -0.25) is 4.79 Å². The molecule has 0 heterocycles. The molecule has 0 saturated carbocycles. The fourth-order valence-electron chi connectivity index (χ4n) is 0.649. The van der Waals surface area contributed by atoms with E-state index in [2.05, 4.69) is 15.9 Å². The summed E-state index contributed by atoms with van der Waals surface area (Å²) in [6.45, 7) is 0. The quantitative estimate of drug-likeness (QED) is 0.700. The molecular weight excluding hydrogens is 251 g/mol. The molecule has 0 spiro atoms. The molecule has 58 valence electrons. The fourth-order valence-corrected chi connectivity index (χ4v) is 1.60. The molecule has 0 saturated heterocycles. The molecule has 0 atom stereocenters. The summed E-state index contributed by atoms with van der Waals surface area (Å²) >= 11 is 14.1. The van der Waals surface area contributed by atoms with E-state index in [4.69, 9.17) is 23.2 Å². The van der Waals surface area contributed by atoms with Gasteiger partial charge in [0.1, 0.15) is 0 Å². The third kappa shape index (κ3) is 2.19. The Morgan fingerprint density at radius 1 is 1.36 bits per heavy atom. The average Bonchev–Trinajstić information content (AvgIpc) is 1.85. The third-order valence-electron chi connectivity index (χ3n) is 1.14. The Morgan fingerprint density at radius 2 is 2.00 bits per heavy atom. The molecule has 0 bridgehead atoms. The second kappa shape index (κ2) is 3.57. The van der Waals surface area contributed by atoms with E-state index in [1.165, 1.54) is 6.07 Å². The van der Waals surface area contributed by atoms with Gasteiger partial charge in [0.15, 0.2) is 0 Å². The summed E-state index contributed by atoms with van der Waals surface area (Å²) in [5, 5.41) is 0.881. The first-order valence-electron chi connectivity index (χ1n) is 2.76. The molecule has 11 heavy (non-hydrogen) atoms. The van der Waals surface area contributed by atoms with E-state index >= 15 is 0 Å². The molecule has 0 fully saturated rings. The molecule has 0 unspecified atom stereocenters. The van der Waals surface area contributed by atoms with Crippen molar-refractivity contribution in [3.05, 3.63) is 33.8 Å². The highest BCUT2D eigenvalue weighted by atomic mass is 79.9. The molecule has 0 N–H and O–H groups in total. The lowest BCUT2D eigenvalue weighted by atomic mass is 10.2. The predicted octanol–water partition coefficient (Wildman–Crippen LogP) is 3.53. The van der Waals surface area contributed by atoms with Gasteiger partial charge in [-0.05, 0) is 34.1 Å². The first-order chi connectivity index (χ1) is 5.11. The Balaban J connectivity index is 3.20. The molecule has 4 heteroatoms. The number of hydrogen-bond donors (Lipinski definition) is 0. The number of halogens is 3. The third-order valence-corrected chi connectivity index (χ3v) is 2.12. The highest BCUT2D eigenvalue weighted by Crippen LogP contribution is 2.22. The minimum Gasteiger partial charge on any atom is -0.281 e. The van der Waals surface area contributed by atoms with Crippen molar-refractivity contribution in [2.24, 2.45) is 0 Å². The highest BCUT2D eigenvalue weighted by Gasteiger charge is 2.05. The molecule has 0 aliphatic heterocycles. The van der Waals surface area contributed by atoms with Crippen LogP contribution in [0.1, 0.15) is 10.4 Å². The van der Waals surface area contributed by atoms with Crippen LogP contribution in [0.4, 0.5) is 0 Å². The number of hydrogen-bond acceptors (Lipinski definition) is 1. The highest BCUT2D eigenvalue weighted by molar-refractivity contribution is 9.18. The van der Waals surface area contributed by atoms with Gasteiger partial charge in [0, 0.05) is 10.6 Å². The standard InChI is InChI=1S/C7H3BrCl2O/c8-7(11)5-2-1-4(9)3-6(5)10/h1-3H. The Kier molecular flexibility index (Phi) is 2.93. The van der Waals surface area contributed by atoms with E-state index < -0.39 is 0 Å². The van der Waals surface area contributed by atoms with Gasteiger partial charge in [0.2, 0.25) is 4.69 Å². The van der Waals surface area contributed by atoms with Crippen LogP contribution in [0, 0.1) is 0 Å². The van der Waals surface area contributed by atoms with E-state index in [9.17, 15) is 4.79 Å². The molecule has 1 aromatic carbocycles. The first-order valence-corrected chi connectivity index (χ1v) is 4.31. The number of carbonyl (C=O) groups excluding carboxylic acids is 1. The Bertz CT molecular complexity index is 298. The van der Waals surface area contributed by atoms with Crippen LogP contribution in [-0.2, 0) is 0 Å². The topological polar surface area (TPSA) is 17.1 Å². The van der Waals surface area contributed by atoms with E-state index in [0.29, 0.717) is 15.6 Å². The normalized spacial score (nSPS) is 9.73. The lowest BCUT2D eigenvalue weighted by Gasteiger charge is -1.97. The van der Waals surface area contributed by atoms with E-state index in [-0.39, 0.29) is 4.69 Å². The van der Waals surface area contributed by atoms with E-state index in [1.54, 1.807) is 12.1 Å². The zero-order valence-corrected chi connectivity index (χ0v) is 8.37. The summed E-state index contributed by atoms with van der Waals surface area (Å²) in [7, 11) is 0. The average molecular weight is 254 g/mol. The van der Waals surface area contributed by atoms with Gasteiger partial charge in [-0.2, -0.15) is 0 Å². The van der Waals surface area contributed by atoms with Crippen molar-refractivity contribution < 1.29 is 4.79 Å². The predicted molar refractivity (Wildman–Crippen MR) is 49.7 cm³/mol. The maximum absolute atomic E-state index is 10.8. The second-order valence-corrected chi connectivity index (χ2v) is 3.46. The van der Waals surface area contributed by atoms with Crippen molar-refractivity contribution in [1.29, 1.82) is 0 Å². The van der Waals surface area contributed by atoms with E-state index in [1.807, 2.05) is 0 Å². The summed E-state index contributed by atoms with van der Waals surface area (Å²) in [6.07, 6.45) is 0. The molecule has 1 nitrogen and oxygen atoms in total. The van der Waals surface area contributed by atoms with Gasteiger partial charge in [-0.15, -0.1) is 0 Å². The summed E-state index contributed by atoms with van der Waals surface area (Å²) < 4.78 is -0.237. The van der Waals surface area contributed by atoms with E-state index in [0.717, 1.165) is 0 Å². The van der Waals surface area contributed by atoms with Gasteiger partial charge in [-0.25, -0.2) is 0 Å². The SMILES string of the molecule is O=C(Br)c1ccc(Cl)cc1Cl. The number of rotatable bonds is 1. The smallest absolute Gasteiger partial charge is 0.229 e. The summed E-state index contributed by atoms with van der Waals surface area (Å²) in [6, 6.07) is 4.71. The minimum absolute atomic E-state index is 0.237. The Morgan fingerprint density at radius 3 is 2.45 bits per heavy atom. The molecule has 1 aromatic rings. The zero-order valence-electron chi connectivity index (χ0n) is 5.27. The van der Waals surface area contributed by atoms with Gasteiger partial charge < -0.3 is 0 Å². The van der Waals surface area contributed by atoms with Gasteiger partial charge in [0.05, 0.1) is 5.02 Å². The van der Waals surface area contributed by atoms with Crippen LogP contribution in [0.3, 0.4) is 0 Å². The zero-order chi connectivity index (χ0) is 8.43. The van der Waals surface area contributed by atoms with Gasteiger partial charge in [0.25, 0.3) is 0 Å². The minimum atomic E-state index is -0.237. The van der Waals surface area contributed by atoms with Crippen molar-refractivity contribution in [3.63, 3.8) is 0 Å². The molecule has 0 aliphatic carbocycles. The van der Waals surface area contributed by atoms with Crippen LogP contribution < -0.4 is 0 Å². The molecule has 1 rings (SSSR count).